The summed E-state index contributed by atoms with van der Waals surface area (Å²) in [5.41, 5.74) is -0.396. The average Bonchev–Trinajstić information content (AvgIpc) is 3.32. The first-order valence-corrected chi connectivity index (χ1v) is 15.1. The molecule has 3 aliphatic rings. The summed E-state index contributed by atoms with van der Waals surface area (Å²) < 4.78 is 3.66. The Kier molecular flexibility index (Phi) is 7.44. The molecule has 1 saturated heterocycles. The van der Waals surface area contributed by atoms with Crippen molar-refractivity contribution in [2.45, 2.75) is 63.4 Å². The normalized spacial score (nSPS) is 28.7. The van der Waals surface area contributed by atoms with Crippen molar-refractivity contribution in [3.63, 3.8) is 0 Å². The Labute approximate surface area is 258 Å². The van der Waals surface area contributed by atoms with E-state index in [1.54, 1.807) is 34.6 Å². The van der Waals surface area contributed by atoms with E-state index >= 15 is 0 Å². The predicted octanol–water partition coefficient (Wildman–Crippen LogP) is 5.08. The second-order valence-electron chi connectivity index (χ2n) is 12.8. The van der Waals surface area contributed by atoms with Gasteiger partial charge in [-0.25, -0.2) is 9.59 Å². The quantitative estimate of drug-likeness (QED) is 0.301. The molecule has 0 radical (unpaired) electrons. The van der Waals surface area contributed by atoms with E-state index in [4.69, 9.17) is 4.74 Å². The number of ether oxygens (including phenoxy) is 1. The zero-order valence-electron chi connectivity index (χ0n) is 24.8. The summed E-state index contributed by atoms with van der Waals surface area (Å²) in [6.07, 6.45) is -0.792. The number of imide groups is 1. The Bertz CT molecular complexity index is 1550. The number of carbonyl (C=O) groups is 5. The van der Waals surface area contributed by atoms with Crippen LogP contribution in [0.2, 0.25) is 0 Å². The molecular weight excluding hydrogens is 616 g/mol. The Morgan fingerprint density at radius 2 is 1.51 bits per heavy atom. The van der Waals surface area contributed by atoms with Crippen LogP contribution in [0.15, 0.2) is 60.7 Å². The number of fused-ring (bicyclic) bond motifs is 5. The fourth-order valence-corrected chi connectivity index (χ4v) is 8.48. The SMILES string of the molecule is CC(C)(C)OC(=O)NC(CCCN1C(=O)C2C3(C)C(=O)C(C)(C(c4ccccc4)=C3c3ccccc3)C2(Br)C1=O)C(=O)O. The topological polar surface area (TPSA) is 130 Å². The van der Waals surface area contributed by atoms with Crippen molar-refractivity contribution >= 4 is 56.7 Å². The minimum Gasteiger partial charge on any atom is -0.480 e. The van der Waals surface area contributed by atoms with Gasteiger partial charge in [0.15, 0.2) is 5.78 Å². The molecule has 2 aromatic rings. The number of aliphatic carboxylic acids is 1. The van der Waals surface area contributed by atoms with Crippen molar-refractivity contribution in [2.24, 2.45) is 16.7 Å². The van der Waals surface area contributed by atoms with E-state index in [1.165, 1.54) is 0 Å². The second-order valence-corrected chi connectivity index (χ2v) is 14.0. The van der Waals surface area contributed by atoms with Crippen LogP contribution in [-0.4, -0.2) is 62.2 Å². The number of allylic oxidation sites excluding steroid dienone is 2. The zero-order chi connectivity index (χ0) is 31.5. The molecule has 5 atom stereocenters. The number of alkyl carbamates (subject to hydrolysis) is 1. The van der Waals surface area contributed by atoms with Crippen LogP contribution < -0.4 is 5.32 Å². The molecule has 2 bridgehead atoms. The third kappa shape index (κ3) is 4.44. The number of ketones is 1. The average molecular weight is 652 g/mol. The van der Waals surface area contributed by atoms with Crippen molar-refractivity contribution < 1.29 is 33.8 Å². The molecule has 226 valence electrons. The fraction of sp³-hybridized carbons (Fsp3) is 0.424. The van der Waals surface area contributed by atoms with Crippen LogP contribution in [0.25, 0.3) is 11.1 Å². The molecule has 2 aliphatic carbocycles. The minimum absolute atomic E-state index is 0.0398. The van der Waals surface area contributed by atoms with E-state index in [1.807, 2.05) is 60.7 Å². The molecule has 9 nitrogen and oxygen atoms in total. The van der Waals surface area contributed by atoms with E-state index in [-0.39, 0.29) is 25.2 Å². The van der Waals surface area contributed by atoms with Crippen LogP contribution in [0.5, 0.6) is 0 Å². The number of carboxylic acid groups (broad SMARTS) is 1. The molecule has 1 heterocycles. The van der Waals surface area contributed by atoms with Gasteiger partial charge in [-0.1, -0.05) is 76.6 Å². The van der Waals surface area contributed by atoms with Gasteiger partial charge in [0.05, 0.1) is 16.7 Å². The number of hydrogen-bond acceptors (Lipinski definition) is 6. The lowest BCUT2D eigenvalue weighted by atomic mass is 9.63. The highest BCUT2D eigenvalue weighted by Crippen LogP contribution is 2.77. The van der Waals surface area contributed by atoms with Crippen LogP contribution in [0.4, 0.5) is 4.79 Å². The van der Waals surface area contributed by atoms with Gasteiger partial charge in [-0.2, -0.15) is 0 Å². The summed E-state index contributed by atoms with van der Waals surface area (Å²) >= 11 is 3.72. The van der Waals surface area contributed by atoms with E-state index in [9.17, 15) is 29.1 Å². The van der Waals surface area contributed by atoms with Crippen molar-refractivity contribution in [1.29, 1.82) is 0 Å². The van der Waals surface area contributed by atoms with Crippen LogP contribution >= 0.6 is 15.9 Å². The van der Waals surface area contributed by atoms with E-state index in [2.05, 4.69) is 21.2 Å². The highest BCUT2D eigenvalue weighted by atomic mass is 79.9. The maximum Gasteiger partial charge on any atom is 0.408 e. The summed E-state index contributed by atoms with van der Waals surface area (Å²) in [6, 6.07) is 17.7. The fourth-order valence-electron chi connectivity index (χ4n) is 7.23. The van der Waals surface area contributed by atoms with Gasteiger partial charge >= 0.3 is 12.1 Å². The largest absolute Gasteiger partial charge is 0.480 e. The molecule has 2 N–H and O–H groups in total. The Balaban J connectivity index is 1.48. The number of carboxylic acids is 1. The standard InChI is InChI=1S/C33H35BrN2O7/c1-30(2,3)43-29(42)35-21(26(38)39)17-12-18-36-25(37)24-31(4)22(19-13-8-6-9-14-19)23(20-15-10-7-11-16-20)32(5,27(31)40)33(24,34)28(36)41/h6-11,13-16,21,24H,12,17-18H2,1-5H3,(H,35,42)(H,38,39). The monoisotopic (exact) mass is 650 g/mol. The van der Waals surface area contributed by atoms with Crippen molar-refractivity contribution in [3.05, 3.63) is 71.8 Å². The number of halogens is 1. The molecule has 0 aromatic heterocycles. The second kappa shape index (κ2) is 10.4. The number of rotatable bonds is 8. The first kappa shape index (κ1) is 30.7. The lowest BCUT2D eigenvalue weighted by Crippen LogP contribution is -2.50. The lowest BCUT2D eigenvalue weighted by molar-refractivity contribution is -0.144. The van der Waals surface area contributed by atoms with Gasteiger partial charge in [0.1, 0.15) is 16.0 Å². The van der Waals surface area contributed by atoms with Gasteiger partial charge in [-0.05, 0) is 69.7 Å². The number of nitrogens with one attached hydrogen (secondary N) is 1. The summed E-state index contributed by atoms with van der Waals surface area (Å²) in [7, 11) is 0. The van der Waals surface area contributed by atoms with Crippen molar-refractivity contribution in [1.82, 2.24) is 10.2 Å². The van der Waals surface area contributed by atoms with Crippen molar-refractivity contribution in [3.8, 4) is 0 Å². The van der Waals surface area contributed by atoms with Gasteiger partial charge < -0.3 is 15.2 Å². The van der Waals surface area contributed by atoms with E-state index < -0.39 is 56.6 Å². The van der Waals surface area contributed by atoms with Gasteiger partial charge in [0.25, 0.3) is 0 Å². The molecule has 5 rings (SSSR count). The summed E-state index contributed by atoms with van der Waals surface area (Å²) in [6.45, 7) is 8.45. The van der Waals surface area contributed by atoms with Crippen molar-refractivity contribution in [2.75, 3.05) is 6.54 Å². The third-order valence-corrected chi connectivity index (χ3v) is 10.5. The van der Waals surface area contributed by atoms with Gasteiger partial charge in [0.2, 0.25) is 11.8 Å². The number of likely N-dealkylation sites (tertiary alicyclic amines) is 1. The Hall–Kier alpha value is -3.79. The number of carbonyl (C=O) groups excluding carboxylic acids is 4. The number of nitrogens with zero attached hydrogens (tertiary/aromatic N) is 1. The molecule has 43 heavy (non-hydrogen) atoms. The molecule has 5 unspecified atom stereocenters. The van der Waals surface area contributed by atoms with Crippen LogP contribution in [0.1, 0.15) is 58.6 Å². The number of alkyl halides is 1. The molecule has 3 amide bonds. The molecule has 10 heteroatoms. The summed E-state index contributed by atoms with van der Waals surface area (Å²) in [5.74, 6) is -3.44. The van der Waals surface area contributed by atoms with Crippen LogP contribution in [0.3, 0.4) is 0 Å². The number of benzene rings is 2. The molecular formula is C33H35BrN2O7. The molecule has 1 saturated carbocycles. The predicted molar refractivity (Wildman–Crippen MR) is 163 cm³/mol. The smallest absolute Gasteiger partial charge is 0.408 e. The van der Waals surface area contributed by atoms with Gasteiger partial charge in [-0.15, -0.1) is 0 Å². The first-order valence-electron chi connectivity index (χ1n) is 14.3. The lowest BCUT2D eigenvalue weighted by Gasteiger charge is -2.41. The van der Waals surface area contributed by atoms with Crippen LogP contribution in [-0.2, 0) is 23.9 Å². The molecule has 2 aromatic carbocycles. The summed E-state index contributed by atoms with van der Waals surface area (Å²) in [5, 5.41) is 12.0. The highest BCUT2D eigenvalue weighted by molar-refractivity contribution is 9.10. The van der Waals surface area contributed by atoms with E-state index in [0.717, 1.165) is 27.2 Å². The van der Waals surface area contributed by atoms with E-state index in [0.29, 0.717) is 0 Å². The van der Waals surface area contributed by atoms with Gasteiger partial charge in [-0.3, -0.25) is 19.3 Å². The first-order chi connectivity index (χ1) is 20.1. The van der Waals surface area contributed by atoms with Gasteiger partial charge in [0, 0.05) is 6.54 Å². The molecule has 2 fully saturated rings. The third-order valence-electron chi connectivity index (χ3n) is 8.96. The maximum absolute atomic E-state index is 14.5. The number of hydrogen-bond donors (Lipinski definition) is 2. The number of Topliss-reactive ketones (excluding diaryl/α,β-unsaturated/α-hetero) is 1. The van der Waals surface area contributed by atoms with Crippen LogP contribution in [0, 0.1) is 16.7 Å². The Morgan fingerprint density at radius 1 is 0.977 bits per heavy atom. The zero-order valence-corrected chi connectivity index (χ0v) is 26.4. The Morgan fingerprint density at radius 3 is 2.02 bits per heavy atom. The highest BCUT2D eigenvalue weighted by Gasteiger charge is 2.85. The molecule has 1 aliphatic heterocycles. The number of amides is 3. The maximum atomic E-state index is 14.5. The minimum atomic E-state index is -1.52. The molecule has 0 spiro atoms. The summed E-state index contributed by atoms with van der Waals surface area (Å²) in [4.78, 5) is 68.0.